The summed E-state index contributed by atoms with van der Waals surface area (Å²) in [6, 6.07) is 10.3. The lowest BCUT2D eigenvalue weighted by atomic mass is 10.1. The van der Waals surface area contributed by atoms with Crippen LogP contribution in [0.5, 0.6) is 6.01 Å². The smallest absolute Gasteiger partial charge is 0.316 e. The molecule has 1 aliphatic rings. The number of nitrogens with zero attached hydrogens (tertiary/aromatic N) is 4. The summed E-state index contributed by atoms with van der Waals surface area (Å²) in [4.78, 5) is 10.5. The first kappa shape index (κ1) is 15.7. The highest BCUT2D eigenvalue weighted by molar-refractivity contribution is 6.30. The Morgan fingerprint density at radius 3 is 2.70 bits per heavy atom. The summed E-state index contributed by atoms with van der Waals surface area (Å²) in [5.41, 5.74) is 1.88. The molecule has 0 bridgehead atoms. The Balaban J connectivity index is 1.50. The third-order valence-corrected chi connectivity index (χ3v) is 4.06. The average Bonchev–Trinajstić information content (AvgIpc) is 2.59. The van der Waals surface area contributed by atoms with E-state index in [2.05, 4.69) is 27.0 Å². The molecule has 0 atom stereocenters. The third kappa shape index (κ3) is 4.41. The second kappa shape index (κ2) is 7.40. The SMILES string of the molecule is N#Cc1cccc(CN2CCC(Oc3ncc(Cl)cn3)CC2)c1. The highest BCUT2D eigenvalue weighted by Crippen LogP contribution is 2.18. The van der Waals surface area contributed by atoms with Crippen molar-refractivity contribution in [3.8, 4) is 12.1 Å². The fourth-order valence-electron chi connectivity index (χ4n) is 2.69. The maximum absolute atomic E-state index is 8.96. The van der Waals surface area contributed by atoms with Gasteiger partial charge in [0.15, 0.2) is 0 Å². The van der Waals surface area contributed by atoms with Gasteiger partial charge in [0, 0.05) is 19.6 Å². The molecule has 2 heterocycles. The molecule has 1 saturated heterocycles. The van der Waals surface area contributed by atoms with Crippen LogP contribution < -0.4 is 4.74 Å². The van der Waals surface area contributed by atoms with Crippen LogP contribution in [0.15, 0.2) is 36.7 Å². The second-order valence-electron chi connectivity index (χ2n) is 5.59. The highest BCUT2D eigenvalue weighted by atomic mass is 35.5. The van der Waals surface area contributed by atoms with Crippen LogP contribution in [0.2, 0.25) is 5.02 Å². The van der Waals surface area contributed by atoms with Crippen molar-refractivity contribution >= 4 is 11.6 Å². The van der Waals surface area contributed by atoms with Gasteiger partial charge in [-0.15, -0.1) is 0 Å². The van der Waals surface area contributed by atoms with Crippen molar-refractivity contribution in [2.24, 2.45) is 0 Å². The maximum atomic E-state index is 8.96. The molecule has 0 amide bonds. The van der Waals surface area contributed by atoms with E-state index < -0.39 is 0 Å². The largest absolute Gasteiger partial charge is 0.460 e. The number of rotatable bonds is 4. The topological polar surface area (TPSA) is 62.0 Å². The molecular weight excluding hydrogens is 312 g/mol. The molecule has 0 radical (unpaired) electrons. The molecule has 0 unspecified atom stereocenters. The number of hydrogen-bond acceptors (Lipinski definition) is 5. The van der Waals surface area contributed by atoms with E-state index in [4.69, 9.17) is 21.6 Å². The van der Waals surface area contributed by atoms with Crippen LogP contribution in [0.4, 0.5) is 0 Å². The molecule has 23 heavy (non-hydrogen) atoms. The molecule has 118 valence electrons. The zero-order valence-electron chi connectivity index (χ0n) is 12.7. The maximum Gasteiger partial charge on any atom is 0.316 e. The Kier molecular flexibility index (Phi) is 5.06. The lowest BCUT2D eigenvalue weighted by Gasteiger charge is -2.31. The highest BCUT2D eigenvalue weighted by Gasteiger charge is 2.21. The number of benzene rings is 1. The Bertz CT molecular complexity index is 690. The number of piperidine rings is 1. The van der Waals surface area contributed by atoms with Crippen molar-refractivity contribution in [1.29, 1.82) is 5.26 Å². The van der Waals surface area contributed by atoms with E-state index in [1.807, 2.05) is 18.2 Å². The van der Waals surface area contributed by atoms with Crippen molar-refractivity contribution in [3.63, 3.8) is 0 Å². The Hall–Kier alpha value is -2.16. The first-order valence-electron chi connectivity index (χ1n) is 7.58. The number of nitriles is 1. The molecule has 3 rings (SSSR count). The molecule has 0 N–H and O–H groups in total. The summed E-state index contributed by atoms with van der Waals surface area (Å²) in [7, 11) is 0. The van der Waals surface area contributed by atoms with Gasteiger partial charge in [-0.2, -0.15) is 5.26 Å². The Labute approximate surface area is 140 Å². The summed E-state index contributed by atoms with van der Waals surface area (Å²) in [5.74, 6) is 0. The van der Waals surface area contributed by atoms with Gasteiger partial charge in [0.25, 0.3) is 0 Å². The summed E-state index contributed by atoms with van der Waals surface area (Å²) >= 11 is 5.76. The van der Waals surface area contributed by atoms with Crippen molar-refractivity contribution < 1.29 is 4.74 Å². The van der Waals surface area contributed by atoms with E-state index in [1.54, 1.807) is 12.4 Å². The van der Waals surface area contributed by atoms with Crippen LogP contribution in [-0.4, -0.2) is 34.1 Å². The predicted molar refractivity (Wildman–Crippen MR) is 87.1 cm³/mol. The van der Waals surface area contributed by atoms with Crippen molar-refractivity contribution in [2.75, 3.05) is 13.1 Å². The lowest BCUT2D eigenvalue weighted by molar-refractivity contribution is 0.0892. The number of halogens is 1. The van der Waals surface area contributed by atoms with Crippen LogP contribution in [0.3, 0.4) is 0 Å². The molecule has 1 aromatic carbocycles. The molecule has 5 nitrogen and oxygen atoms in total. The number of aromatic nitrogens is 2. The molecule has 1 aromatic heterocycles. The number of likely N-dealkylation sites (tertiary alicyclic amines) is 1. The van der Waals surface area contributed by atoms with Gasteiger partial charge >= 0.3 is 6.01 Å². The van der Waals surface area contributed by atoms with E-state index in [9.17, 15) is 0 Å². The number of hydrogen-bond donors (Lipinski definition) is 0. The van der Waals surface area contributed by atoms with Gasteiger partial charge in [-0.05, 0) is 30.5 Å². The van der Waals surface area contributed by atoms with Crippen LogP contribution in [0, 0.1) is 11.3 Å². The minimum Gasteiger partial charge on any atom is -0.460 e. The molecular formula is C17H17ClN4O. The summed E-state index contributed by atoms with van der Waals surface area (Å²) in [5, 5.41) is 9.47. The molecule has 0 saturated carbocycles. The standard InChI is InChI=1S/C17H17ClN4O/c18-15-10-20-17(21-11-15)23-16-4-6-22(7-5-16)12-14-3-1-2-13(8-14)9-19/h1-3,8,10-11,16H,4-7,12H2. The molecule has 2 aromatic rings. The van der Waals surface area contributed by atoms with Gasteiger partial charge in [0.2, 0.25) is 0 Å². The van der Waals surface area contributed by atoms with E-state index >= 15 is 0 Å². The van der Waals surface area contributed by atoms with Crippen LogP contribution in [-0.2, 0) is 6.54 Å². The summed E-state index contributed by atoms with van der Waals surface area (Å²) in [6.07, 6.45) is 5.09. The first-order chi connectivity index (χ1) is 11.2. The zero-order valence-corrected chi connectivity index (χ0v) is 13.4. The van der Waals surface area contributed by atoms with E-state index in [0.29, 0.717) is 16.6 Å². The average molecular weight is 329 g/mol. The molecule has 1 fully saturated rings. The van der Waals surface area contributed by atoms with E-state index in [0.717, 1.165) is 32.5 Å². The van der Waals surface area contributed by atoms with Crippen molar-refractivity contribution in [2.45, 2.75) is 25.5 Å². The first-order valence-corrected chi connectivity index (χ1v) is 7.96. The molecule has 6 heteroatoms. The molecule has 1 aliphatic heterocycles. The Morgan fingerprint density at radius 2 is 2.00 bits per heavy atom. The van der Waals surface area contributed by atoms with Crippen molar-refractivity contribution in [3.05, 3.63) is 52.8 Å². The van der Waals surface area contributed by atoms with Crippen LogP contribution >= 0.6 is 11.6 Å². The quantitative estimate of drug-likeness (QED) is 0.863. The van der Waals surface area contributed by atoms with E-state index in [-0.39, 0.29) is 6.10 Å². The van der Waals surface area contributed by atoms with Gasteiger partial charge < -0.3 is 4.74 Å². The molecule has 0 spiro atoms. The van der Waals surface area contributed by atoms with Gasteiger partial charge in [-0.3, -0.25) is 4.90 Å². The van der Waals surface area contributed by atoms with Gasteiger partial charge in [0.05, 0.1) is 29.0 Å². The monoisotopic (exact) mass is 328 g/mol. The van der Waals surface area contributed by atoms with Gasteiger partial charge in [-0.1, -0.05) is 23.7 Å². The minimum absolute atomic E-state index is 0.137. The fourth-order valence-corrected chi connectivity index (χ4v) is 2.79. The van der Waals surface area contributed by atoms with Crippen LogP contribution in [0.1, 0.15) is 24.0 Å². The second-order valence-corrected chi connectivity index (χ2v) is 6.03. The van der Waals surface area contributed by atoms with Crippen molar-refractivity contribution in [1.82, 2.24) is 14.9 Å². The summed E-state index contributed by atoms with van der Waals surface area (Å²) in [6.45, 7) is 2.77. The summed E-state index contributed by atoms with van der Waals surface area (Å²) < 4.78 is 5.79. The fraction of sp³-hybridized carbons (Fsp3) is 0.353. The zero-order chi connectivity index (χ0) is 16.1. The third-order valence-electron chi connectivity index (χ3n) is 3.87. The lowest BCUT2D eigenvalue weighted by Crippen LogP contribution is -2.38. The minimum atomic E-state index is 0.137. The van der Waals surface area contributed by atoms with Gasteiger partial charge in [0.1, 0.15) is 6.10 Å². The Morgan fingerprint density at radius 1 is 1.26 bits per heavy atom. The predicted octanol–water partition coefficient (Wildman–Crippen LogP) is 3.05. The normalized spacial score (nSPS) is 16.0. The molecule has 0 aliphatic carbocycles. The van der Waals surface area contributed by atoms with Gasteiger partial charge in [-0.25, -0.2) is 9.97 Å². The van der Waals surface area contributed by atoms with E-state index in [1.165, 1.54) is 5.56 Å². The van der Waals surface area contributed by atoms with Crippen LogP contribution in [0.25, 0.3) is 0 Å². The number of ether oxygens (including phenoxy) is 1.